The number of hydrogen-bond acceptors (Lipinski definition) is 3. The normalized spacial score (nSPS) is 29.5. The first kappa shape index (κ1) is 19.8. The van der Waals surface area contributed by atoms with E-state index in [0.717, 1.165) is 22.3 Å². The lowest BCUT2D eigenvalue weighted by molar-refractivity contribution is -0.122. The molecule has 4 nitrogen and oxygen atoms in total. The molecule has 3 aromatic carbocycles. The van der Waals surface area contributed by atoms with Crippen molar-refractivity contribution in [2.24, 2.45) is 11.8 Å². The Labute approximate surface area is 195 Å². The molecule has 7 rings (SSSR count). The fourth-order valence-corrected chi connectivity index (χ4v) is 6.88. The maximum atomic E-state index is 13.8. The summed E-state index contributed by atoms with van der Waals surface area (Å²) in [5.74, 6) is -1.58. The van der Waals surface area contributed by atoms with Crippen molar-refractivity contribution in [3.8, 4) is 5.75 Å². The monoisotopic (exact) mass is 463 g/mol. The molecule has 1 heterocycles. The van der Waals surface area contributed by atoms with Crippen LogP contribution in [0.2, 0.25) is 0 Å². The summed E-state index contributed by atoms with van der Waals surface area (Å²) in [4.78, 5) is 26.6. The average molecular weight is 464 g/mol. The largest absolute Gasteiger partial charge is 0.494 e. The second kappa shape index (κ2) is 6.60. The first-order valence-corrected chi connectivity index (χ1v) is 11.4. The van der Waals surface area contributed by atoms with Crippen molar-refractivity contribution in [1.82, 2.24) is 0 Å². The molecule has 0 radical (unpaired) electrons. The second-order valence-electron chi connectivity index (χ2n) is 8.41. The highest BCUT2D eigenvalue weighted by Crippen LogP contribution is 2.69. The van der Waals surface area contributed by atoms with Gasteiger partial charge in [0.05, 0.1) is 24.1 Å². The third-order valence-corrected chi connectivity index (χ3v) is 8.28. The van der Waals surface area contributed by atoms with Gasteiger partial charge >= 0.3 is 0 Å². The van der Waals surface area contributed by atoms with E-state index < -0.39 is 21.6 Å². The van der Waals surface area contributed by atoms with Crippen molar-refractivity contribution in [3.05, 3.63) is 95.1 Å². The average Bonchev–Trinajstić information content (AvgIpc) is 3.09. The van der Waals surface area contributed by atoms with Crippen LogP contribution in [0.25, 0.3) is 0 Å². The van der Waals surface area contributed by atoms with Gasteiger partial charge in [0.1, 0.15) is 15.5 Å². The molecule has 0 saturated carbocycles. The number of amides is 2. The first-order valence-electron chi connectivity index (χ1n) is 10.6. The van der Waals surface area contributed by atoms with Crippen molar-refractivity contribution in [1.29, 1.82) is 0 Å². The number of hydrogen-bond donors (Lipinski definition) is 0. The molecule has 1 saturated heterocycles. The van der Waals surface area contributed by atoms with Crippen LogP contribution in [-0.2, 0) is 19.3 Å². The fourth-order valence-electron chi connectivity index (χ4n) is 5.78. The molecule has 3 aromatic rings. The minimum atomic E-state index is -1.17. The van der Waals surface area contributed by atoms with E-state index in [4.69, 9.17) is 27.9 Å². The number of halogens is 2. The molecule has 1 aliphatic heterocycles. The highest BCUT2D eigenvalue weighted by atomic mass is 35.5. The van der Waals surface area contributed by atoms with E-state index in [2.05, 4.69) is 0 Å². The quantitative estimate of drug-likeness (QED) is 0.396. The summed E-state index contributed by atoms with van der Waals surface area (Å²) in [6.45, 7) is 2.43. The summed E-state index contributed by atoms with van der Waals surface area (Å²) < 4.78 is 5.50. The van der Waals surface area contributed by atoms with Crippen molar-refractivity contribution in [2.75, 3.05) is 11.5 Å². The smallest absolute Gasteiger partial charge is 0.240 e. The number of alkyl halides is 2. The van der Waals surface area contributed by atoms with Gasteiger partial charge in [0.15, 0.2) is 0 Å². The molecule has 160 valence electrons. The number of rotatable bonds is 3. The van der Waals surface area contributed by atoms with E-state index in [1.807, 2.05) is 55.5 Å². The van der Waals surface area contributed by atoms with Crippen molar-refractivity contribution in [2.45, 2.75) is 16.7 Å². The lowest BCUT2D eigenvalue weighted by atomic mass is 9.54. The Balaban J connectivity index is 1.57. The third-order valence-electron chi connectivity index (χ3n) is 6.99. The Hall–Kier alpha value is -2.82. The molecular weight excluding hydrogens is 445 g/mol. The van der Waals surface area contributed by atoms with Gasteiger partial charge in [0.25, 0.3) is 0 Å². The Morgan fingerprint density at radius 2 is 1.16 bits per heavy atom. The predicted octanol–water partition coefficient (Wildman–Crippen LogP) is 5.18. The van der Waals surface area contributed by atoms with Gasteiger partial charge in [-0.15, -0.1) is 23.2 Å². The Morgan fingerprint density at radius 3 is 1.53 bits per heavy atom. The van der Waals surface area contributed by atoms with E-state index in [0.29, 0.717) is 18.0 Å². The molecule has 0 aromatic heterocycles. The summed E-state index contributed by atoms with van der Waals surface area (Å²) in [5, 5.41) is 0. The van der Waals surface area contributed by atoms with Crippen LogP contribution in [0.5, 0.6) is 5.75 Å². The van der Waals surface area contributed by atoms with Gasteiger partial charge < -0.3 is 4.74 Å². The first-order chi connectivity index (χ1) is 15.4. The van der Waals surface area contributed by atoms with Crippen molar-refractivity contribution < 1.29 is 14.3 Å². The minimum absolute atomic E-state index is 0.326. The number of benzene rings is 3. The number of carbonyl (C=O) groups excluding carboxylic acids is 2. The maximum Gasteiger partial charge on any atom is 0.240 e. The molecule has 3 aliphatic carbocycles. The van der Waals surface area contributed by atoms with Gasteiger partial charge in [-0.3, -0.25) is 9.59 Å². The fraction of sp³-hybridized carbons (Fsp3) is 0.231. The molecular formula is C26H19Cl2NO3. The van der Waals surface area contributed by atoms with E-state index in [1.165, 1.54) is 4.90 Å². The van der Waals surface area contributed by atoms with Gasteiger partial charge in [0, 0.05) is 0 Å². The zero-order valence-electron chi connectivity index (χ0n) is 17.2. The van der Waals surface area contributed by atoms with Gasteiger partial charge in [-0.25, -0.2) is 4.90 Å². The van der Waals surface area contributed by atoms with Crippen molar-refractivity contribution in [3.63, 3.8) is 0 Å². The van der Waals surface area contributed by atoms with Crippen LogP contribution in [-0.4, -0.2) is 18.4 Å². The number of imide groups is 1. The summed E-state index contributed by atoms with van der Waals surface area (Å²) in [6, 6.07) is 22.2. The van der Waals surface area contributed by atoms with Crippen LogP contribution in [0.15, 0.2) is 72.8 Å². The maximum absolute atomic E-state index is 13.8. The van der Waals surface area contributed by atoms with E-state index in [-0.39, 0.29) is 11.8 Å². The topological polar surface area (TPSA) is 46.6 Å². The lowest BCUT2D eigenvalue weighted by Gasteiger charge is -2.54. The molecule has 0 unspecified atom stereocenters. The molecule has 1 fully saturated rings. The molecule has 4 aliphatic rings. The Bertz CT molecular complexity index is 1160. The van der Waals surface area contributed by atoms with E-state index >= 15 is 0 Å². The summed E-state index contributed by atoms with van der Waals surface area (Å²) >= 11 is 14.8. The summed E-state index contributed by atoms with van der Waals surface area (Å²) in [6.07, 6.45) is 0. The second-order valence-corrected chi connectivity index (χ2v) is 9.60. The molecule has 0 spiro atoms. The zero-order valence-corrected chi connectivity index (χ0v) is 18.7. The zero-order chi connectivity index (χ0) is 22.3. The number of nitrogens with zero attached hydrogens (tertiary/aromatic N) is 1. The molecule has 32 heavy (non-hydrogen) atoms. The van der Waals surface area contributed by atoms with Crippen molar-refractivity contribution >= 4 is 40.7 Å². The predicted molar refractivity (Wildman–Crippen MR) is 123 cm³/mol. The summed E-state index contributed by atoms with van der Waals surface area (Å²) in [7, 11) is 0. The molecule has 2 atom stereocenters. The van der Waals surface area contributed by atoms with Gasteiger partial charge in [0.2, 0.25) is 11.8 Å². The van der Waals surface area contributed by atoms with Crippen LogP contribution in [0, 0.1) is 11.8 Å². The molecule has 2 amide bonds. The summed E-state index contributed by atoms with van der Waals surface area (Å²) in [5.41, 5.74) is 3.68. The lowest BCUT2D eigenvalue weighted by Crippen LogP contribution is -2.57. The van der Waals surface area contributed by atoms with Crippen LogP contribution in [0.4, 0.5) is 5.69 Å². The number of anilines is 1. The molecule has 6 heteroatoms. The van der Waals surface area contributed by atoms with E-state index in [1.54, 1.807) is 24.3 Å². The van der Waals surface area contributed by atoms with Gasteiger partial charge in [-0.2, -0.15) is 0 Å². The Morgan fingerprint density at radius 1 is 0.750 bits per heavy atom. The van der Waals surface area contributed by atoms with Crippen LogP contribution >= 0.6 is 23.2 Å². The SMILES string of the molecule is CCOc1ccc(N2C(=O)[C@H]3[C@H](C2=O)C2(Cl)c4ccccc4C3(Cl)c3ccccc32)cc1. The Kier molecular flexibility index (Phi) is 4.09. The molecule has 2 bridgehead atoms. The number of ether oxygens (including phenoxy) is 1. The third kappa shape index (κ3) is 2.19. The highest BCUT2D eigenvalue weighted by molar-refractivity contribution is 6.38. The minimum Gasteiger partial charge on any atom is -0.494 e. The van der Waals surface area contributed by atoms with Crippen LogP contribution in [0.3, 0.4) is 0 Å². The van der Waals surface area contributed by atoms with E-state index in [9.17, 15) is 9.59 Å². The highest BCUT2D eigenvalue weighted by Gasteiger charge is 2.73. The number of carbonyl (C=O) groups is 2. The van der Waals surface area contributed by atoms with Gasteiger partial charge in [-0.1, -0.05) is 48.5 Å². The molecule has 0 N–H and O–H groups in total. The van der Waals surface area contributed by atoms with Crippen LogP contribution < -0.4 is 9.64 Å². The van der Waals surface area contributed by atoms with Crippen LogP contribution in [0.1, 0.15) is 29.2 Å². The van der Waals surface area contributed by atoms with Gasteiger partial charge in [-0.05, 0) is 53.4 Å². The standard InChI is InChI=1S/C26H19Cl2NO3/c1-2-32-16-13-11-15(12-14-16)29-23(30)21-22(24(29)31)26(28)18-8-4-3-7-17(18)25(21,27)19-9-5-6-10-20(19)26/h3-14,21-22H,2H2,1H3/t21-,22-,25?,26?/m1/s1.